The van der Waals surface area contributed by atoms with E-state index in [1.165, 1.54) is 4.90 Å². The quantitative estimate of drug-likeness (QED) is 0.445. The fourth-order valence-corrected chi connectivity index (χ4v) is 1.78. The number of amides is 2. The molecule has 6 heteroatoms. The lowest BCUT2D eigenvalue weighted by Crippen LogP contribution is -2.63. The van der Waals surface area contributed by atoms with Crippen molar-refractivity contribution in [3.05, 3.63) is 0 Å². The summed E-state index contributed by atoms with van der Waals surface area (Å²) in [6.07, 6.45) is 1.39. The van der Waals surface area contributed by atoms with Gasteiger partial charge in [0, 0.05) is 27.2 Å². The van der Waals surface area contributed by atoms with Crippen molar-refractivity contribution in [1.82, 2.24) is 15.1 Å². The molecule has 1 aliphatic heterocycles. The Kier molecular flexibility index (Phi) is 3.74. The fourth-order valence-electron chi connectivity index (χ4n) is 1.78. The third kappa shape index (κ3) is 2.63. The zero-order valence-electron chi connectivity index (χ0n) is 10.2. The van der Waals surface area contributed by atoms with Crippen LogP contribution < -0.4 is 11.1 Å². The molecule has 0 aliphatic carbocycles. The average Bonchev–Trinajstić information content (AvgIpc) is 2.21. The van der Waals surface area contributed by atoms with Crippen LogP contribution in [0.3, 0.4) is 0 Å². The Morgan fingerprint density at radius 2 is 1.94 bits per heavy atom. The molecule has 1 rings (SSSR count). The van der Waals surface area contributed by atoms with E-state index in [9.17, 15) is 4.79 Å². The van der Waals surface area contributed by atoms with Crippen molar-refractivity contribution in [2.75, 3.05) is 34.2 Å². The van der Waals surface area contributed by atoms with Gasteiger partial charge in [-0.25, -0.2) is 4.79 Å². The molecule has 2 amide bonds. The molecule has 0 aromatic rings. The van der Waals surface area contributed by atoms with E-state index in [0.29, 0.717) is 12.8 Å². The molecule has 0 unspecified atom stereocenters. The number of hydrogen-bond acceptors (Lipinski definition) is 3. The minimum absolute atomic E-state index is 0.0517. The lowest BCUT2D eigenvalue weighted by atomic mass is 9.86. The summed E-state index contributed by atoms with van der Waals surface area (Å²) in [5, 5.41) is 10.5. The lowest BCUT2D eigenvalue weighted by molar-refractivity contribution is 0.179. The van der Waals surface area contributed by atoms with Gasteiger partial charge >= 0.3 is 6.03 Å². The number of hydrogen-bond donors (Lipinski definition) is 3. The van der Waals surface area contributed by atoms with Crippen LogP contribution in [0.5, 0.6) is 0 Å². The number of urea groups is 1. The standard InChI is InChI=1S/C10H21N5O/c1-14(2)9(16)13-10(8(11)12)4-6-15(3)7-5-10/h4-7H2,1-3H3,(H3,11,12)(H,13,16). The summed E-state index contributed by atoms with van der Waals surface area (Å²) in [7, 11) is 5.38. The highest BCUT2D eigenvalue weighted by molar-refractivity contribution is 5.91. The topological polar surface area (TPSA) is 85.5 Å². The Bertz CT molecular complexity index is 281. The first-order chi connectivity index (χ1) is 7.37. The van der Waals surface area contributed by atoms with Crippen LogP contribution in [0.15, 0.2) is 0 Å². The molecule has 0 radical (unpaired) electrons. The number of piperidine rings is 1. The highest BCUT2D eigenvalue weighted by Gasteiger charge is 2.38. The molecule has 0 saturated carbocycles. The van der Waals surface area contributed by atoms with Gasteiger partial charge < -0.3 is 20.9 Å². The maximum absolute atomic E-state index is 11.7. The number of nitrogens with two attached hydrogens (primary N) is 1. The predicted octanol–water partition coefficient (Wildman–Crippen LogP) is -0.342. The third-order valence-corrected chi connectivity index (χ3v) is 3.11. The Morgan fingerprint density at radius 3 is 2.31 bits per heavy atom. The van der Waals surface area contributed by atoms with E-state index in [1.807, 2.05) is 7.05 Å². The van der Waals surface area contributed by atoms with Crippen LogP contribution in [0, 0.1) is 5.41 Å². The second-order valence-corrected chi connectivity index (χ2v) is 4.62. The van der Waals surface area contributed by atoms with Crippen LogP contribution in [0.25, 0.3) is 0 Å². The predicted molar refractivity (Wildman–Crippen MR) is 63.6 cm³/mol. The summed E-state index contributed by atoms with van der Waals surface area (Å²) in [6.45, 7) is 1.68. The van der Waals surface area contributed by atoms with Crippen LogP contribution in [0.2, 0.25) is 0 Å². The van der Waals surface area contributed by atoms with Gasteiger partial charge in [0.2, 0.25) is 0 Å². The van der Waals surface area contributed by atoms with Gasteiger partial charge in [-0.2, -0.15) is 0 Å². The normalized spacial score (nSPS) is 20.2. The molecular weight excluding hydrogens is 206 g/mol. The van der Waals surface area contributed by atoms with E-state index in [4.69, 9.17) is 11.1 Å². The molecule has 1 fully saturated rings. The SMILES string of the molecule is CN1CCC(NC(=O)N(C)C)(C(=N)N)CC1. The van der Waals surface area contributed by atoms with E-state index < -0.39 is 5.54 Å². The van der Waals surface area contributed by atoms with Crippen molar-refractivity contribution in [2.45, 2.75) is 18.4 Å². The first-order valence-corrected chi connectivity index (χ1v) is 5.40. The van der Waals surface area contributed by atoms with Crippen molar-refractivity contribution in [2.24, 2.45) is 5.73 Å². The number of amidine groups is 1. The summed E-state index contributed by atoms with van der Waals surface area (Å²) in [4.78, 5) is 15.3. The van der Waals surface area contributed by atoms with Crippen LogP contribution >= 0.6 is 0 Å². The van der Waals surface area contributed by atoms with Gasteiger partial charge in [0.05, 0.1) is 0 Å². The smallest absolute Gasteiger partial charge is 0.317 e. The summed E-state index contributed by atoms with van der Waals surface area (Å²) in [5.74, 6) is 0.0517. The van der Waals surface area contributed by atoms with E-state index in [-0.39, 0.29) is 11.9 Å². The summed E-state index contributed by atoms with van der Waals surface area (Å²) in [5.41, 5.74) is 4.97. The Hall–Kier alpha value is -1.30. The van der Waals surface area contributed by atoms with Crippen molar-refractivity contribution in [3.63, 3.8) is 0 Å². The van der Waals surface area contributed by atoms with Gasteiger partial charge in [0.25, 0.3) is 0 Å². The molecule has 1 aliphatic rings. The number of rotatable bonds is 2. The highest BCUT2D eigenvalue weighted by atomic mass is 16.2. The minimum atomic E-state index is -0.659. The molecule has 0 atom stereocenters. The van der Waals surface area contributed by atoms with Gasteiger partial charge in [-0.3, -0.25) is 5.41 Å². The Morgan fingerprint density at radius 1 is 1.44 bits per heavy atom. The van der Waals surface area contributed by atoms with E-state index in [1.54, 1.807) is 14.1 Å². The summed E-state index contributed by atoms with van der Waals surface area (Å²) >= 11 is 0. The van der Waals surface area contributed by atoms with E-state index >= 15 is 0 Å². The maximum Gasteiger partial charge on any atom is 0.317 e. The van der Waals surface area contributed by atoms with E-state index in [2.05, 4.69) is 10.2 Å². The molecule has 4 N–H and O–H groups in total. The first-order valence-electron chi connectivity index (χ1n) is 5.40. The van der Waals surface area contributed by atoms with Crippen molar-refractivity contribution < 1.29 is 4.79 Å². The van der Waals surface area contributed by atoms with Gasteiger partial charge in [-0.05, 0) is 19.9 Å². The maximum atomic E-state index is 11.7. The van der Waals surface area contributed by atoms with Crippen LogP contribution in [-0.2, 0) is 0 Å². The number of nitrogens with one attached hydrogen (secondary N) is 2. The van der Waals surface area contributed by atoms with E-state index in [0.717, 1.165) is 13.1 Å². The summed E-state index contributed by atoms with van der Waals surface area (Å²) < 4.78 is 0. The molecule has 0 aromatic carbocycles. The molecule has 6 nitrogen and oxygen atoms in total. The number of carbonyl (C=O) groups is 1. The third-order valence-electron chi connectivity index (χ3n) is 3.11. The van der Waals surface area contributed by atoms with Crippen LogP contribution in [0.1, 0.15) is 12.8 Å². The van der Waals surface area contributed by atoms with Crippen molar-refractivity contribution in [1.29, 1.82) is 5.41 Å². The average molecular weight is 227 g/mol. The molecule has 0 spiro atoms. The molecule has 92 valence electrons. The summed E-state index contributed by atoms with van der Waals surface area (Å²) in [6, 6.07) is -0.195. The van der Waals surface area contributed by atoms with Crippen molar-refractivity contribution in [3.8, 4) is 0 Å². The first kappa shape index (κ1) is 12.8. The molecule has 0 aromatic heterocycles. The largest absolute Gasteiger partial charge is 0.386 e. The number of nitrogens with zero attached hydrogens (tertiary/aromatic N) is 2. The van der Waals surface area contributed by atoms with Crippen LogP contribution in [-0.4, -0.2) is 61.4 Å². The molecule has 1 saturated heterocycles. The molecule has 16 heavy (non-hydrogen) atoms. The number of carbonyl (C=O) groups excluding carboxylic acids is 1. The fraction of sp³-hybridized carbons (Fsp3) is 0.800. The molecule has 1 heterocycles. The lowest BCUT2D eigenvalue weighted by Gasteiger charge is -2.40. The van der Waals surface area contributed by atoms with Gasteiger partial charge in [-0.15, -0.1) is 0 Å². The second-order valence-electron chi connectivity index (χ2n) is 4.62. The second kappa shape index (κ2) is 4.69. The van der Waals surface area contributed by atoms with Gasteiger partial charge in [0.15, 0.2) is 0 Å². The molecular formula is C10H21N5O. The number of likely N-dealkylation sites (tertiary alicyclic amines) is 1. The van der Waals surface area contributed by atoms with Gasteiger partial charge in [-0.1, -0.05) is 0 Å². The Balaban J connectivity index is 2.74. The highest BCUT2D eigenvalue weighted by Crippen LogP contribution is 2.21. The van der Waals surface area contributed by atoms with Gasteiger partial charge in [0.1, 0.15) is 11.4 Å². The minimum Gasteiger partial charge on any atom is -0.386 e. The zero-order valence-corrected chi connectivity index (χ0v) is 10.2. The van der Waals surface area contributed by atoms with Crippen LogP contribution in [0.4, 0.5) is 4.79 Å². The Labute approximate surface area is 96.3 Å². The van der Waals surface area contributed by atoms with Crippen molar-refractivity contribution >= 4 is 11.9 Å². The monoisotopic (exact) mass is 227 g/mol. The molecule has 0 bridgehead atoms. The zero-order chi connectivity index (χ0) is 12.3.